The highest BCUT2D eigenvalue weighted by Crippen LogP contribution is 2.19. The van der Waals surface area contributed by atoms with Crippen LogP contribution in [0.25, 0.3) is 11.4 Å². The second-order valence-corrected chi connectivity index (χ2v) is 3.50. The number of benzene rings is 1. The van der Waals surface area contributed by atoms with E-state index in [9.17, 15) is 4.79 Å². The van der Waals surface area contributed by atoms with Crippen LogP contribution in [0.5, 0.6) is 0 Å². The number of aromatic carboxylic acids is 1. The van der Waals surface area contributed by atoms with Crippen molar-refractivity contribution in [3.63, 3.8) is 0 Å². The molecular formula is C11H11N3O2. The summed E-state index contributed by atoms with van der Waals surface area (Å²) in [6.07, 6.45) is 0. The van der Waals surface area contributed by atoms with Gasteiger partial charge < -0.3 is 5.11 Å². The number of carboxylic acid groups (broad SMARTS) is 1. The standard InChI is InChI=1S/C11H11N3O2/c1-7-5-3-4-6-8(7)9-12-10(11(15)16)14(2)13-9/h3-6H,1-2H3,(H,15,16). The van der Waals surface area contributed by atoms with Gasteiger partial charge in [-0.25, -0.2) is 14.5 Å². The molecule has 2 aromatic rings. The molecule has 0 saturated carbocycles. The molecule has 0 unspecified atom stereocenters. The molecule has 0 bridgehead atoms. The summed E-state index contributed by atoms with van der Waals surface area (Å²) in [6.45, 7) is 1.94. The van der Waals surface area contributed by atoms with Gasteiger partial charge in [-0.3, -0.25) is 0 Å². The van der Waals surface area contributed by atoms with Gasteiger partial charge in [0.05, 0.1) is 0 Å². The van der Waals surface area contributed by atoms with E-state index in [1.807, 2.05) is 31.2 Å². The fourth-order valence-electron chi connectivity index (χ4n) is 1.51. The van der Waals surface area contributed by atoms with Crippen LogP contribution in [0.1, 0.15) is 16.2 Å². The van der Waals surface area contributed by atoms with Crippen LogP contribution < -0.4 is 0 Å². The maximum atomic E-state index is 10.8. The molecule has 1 heterocycles. The van der Waals surface area contributed by atoms with Gasteiger partial charge in [0.25, 0.3) is 0 Å². The van der Waals surface area contributed by atoms with Crippen molar-refractivity contribution >= 4 is 5.97 Å². The molecule has 16 heavy (non-hydrogen) atoms. The highest BCUT2D eigenvalue weighted by Gasteiger charge is 2.15. The van der Waals surface area contributed by atoms with E-state index in [1.54, 1.807) is 7.05 Å². The van der Waals surface area contributed by atoms with Crippen LogP contribution in [0.15, 0.2) is 24.3 Å². The third kappa shape index (κ3) is 1.67. The third-order valence-electron chi connectivity index (χ3n) is 2.34. The summed E-state index contributed by atoms with van der Waals surface area (Å²) >= 11 is 0. The van der Waals surface area contributed by atoms with E-state index in [0.29, 0.717) is 5.82 Å². The first-order valence-electron chi connectivity index (χ1n) is 4.80. The molecule has 0 fully saturated rings. The Kier molecular flexibility index (Phi) is 2.44. The van der Waals surface area contributed by atoms with E-state index in [4.69, 9.17) is 5.11 Å². The average Bonchev–Trinajstić information content (AvgIpc) is 2.61. The van der Waals surface area contributed by atoms with Gasteiger partial charge in [0.15, 0.2) is 5.82 Å². The Morgan fingerprint density at radius 1 is 1.38 bits per heavy atom. The number of nitrogens with zero attached hydrogens (tertiary/aromatic N) is 3. The van der Waals surface area contributed by atoms with Crippen LogP contribution >= 0.6 is 0 Å². The molecule has 5 heteroatoms. The monoisotopic (exact) mass is 217 g/mol. The van der Waals surface area contributed by atoms with Crippen molar-refractivity contribution in [2.45, 2.75) is 6.92 Å². The van der Waals surface area contributed by atoms with Gasteiger partial charge in [-0.2, -0.15) is 5.10 Å². The minimum absolute atomic E-state index is 0.0572. The van der Waals surface area contributed by atoms with Gasteiger partial charge >= 0.3 is 5.97 Å². The molecule has 1 N–H and O–H groups in total. The number of carbonyl (C=O) groups is 1. The maximum absolute atomic E-state index is 10.8. The Bertz CT molecular complexity index is 546. The number of hydrogen-bond donors (Lipinski definition) is 1. The highest BCUT2D eigenvalue weighted by atomic mass is 16.4. The lowest BCUT2D eigenvalue weighted by molar-refractivity contribution is 0.0678. The minimum Gasteiger partial charge on any atom is -0.475 e. The molecular weight excluding hydrogens is 206 g/mol. The number of rotatable bonds is 2. The summed E-state index contributed by atoms with van der Waals surface area (Å²) < 4.78 is 1.27. The topological polar surface area (TPSA) is 68.0 Å². The Morgan fingerprint density at radius 3 is 2.62 bits per heavy atom. The Morgan fingerprint density at radius 2 is 2.06 bits per heavy atom. The van der Waals surface area contributed by atoms with Gasteiger partial charge in [-0.15, -0.1) is 0 Å². The Balaban J connectivity index is 2.54. The molecule has 0 aliphatic heterocycles. The van der Waals surface area contributed by atoms with E-state index in [1.165, 1.54) is 4.68 Å². The van der Waals surface area contributed by atoms with Crippen molar-refractivity contribution < 1.29 is 9.90 Å². The van der Waals surface area contributed by atoms with Gasteiger partial charge in [0, 0.05) is 12.6 Å². The second-order valence-electron chi connectivity index (χ2n) is 3.50. The highest BCUT2D eigenvalue weighted by molar-refractivity contribution is 5.84. The van der Waals surface area contributed by atoms with Gasteiger partial charge in [-0.1, -0.05) is 24.3 Å². The van der Waals surface area contributed by atoms with Gasteiger partial charge in [-0.05, 0) is 12.5 Å². The van der Waals surface area contributed by atoms with Gasteiger partial charge in [0.2, 0.25) is 5.82 Å². The summed E-state index contributed by atoms with van der Waals surface area (Å²) in [5.41, 5.74) is 1.87. The van der Waals surface area contributed by atoms with Crippen LogP contribution in [-0.4, -0.2) is 25.8 Å². The fourth-order valence-corrected chi connectivity index (χ4v) is 1.51. The predicted octanol–water partition coefficient (Wildman–Crippen LogP) is 1.49. The number of aromatic nitrogens is 3. The van der Waals surface area contributed by atoms with Crippen LogP contribution in [0, 0.1) is 6.92 Å². The minimum atomic E-state index is -1.07. The molecule has 0 spiro atoms. The SMILES string of the molecule is Cc1ccccc1-c1nc(C(=O)O)n(C)n1. The normalized spacial score (nSPS) is 10.4. The zero-order chi connectivity index (χ0) is 11.7. The maximum Gasteiger partial charge on any atom is 0.373 e. The summed E-state index contributed by atoms with van der Waals surface area (Å²) in [6, 6.07) is 7.60. The van der Waals surface area contributed by atoms with Crippen molar-refractivity contribution in [3.05, 3.63) is 35.7 Å². The van der Waals surface area contributed by atoms with Crippen molar-refractivity contribution in [2.75, 3.05) is 0 Å². The second kappa shape index (κ2) is 3.77. The number of hydrogen-bond acceptors (Lipinski definition) is 3. The van der Waals surface area contributed by atoms with E-state index in [2.05, 4.69) is 10.1 Å². The molecule has 0 atom stereocenters. The zero-order valence-corrected chi connectivity index (χ0v) is 9.01. The van der Waals surface area contributed by atoms with E-state index in [-0.39, 0.29) is 5.82 Å². The molecule has 0 radical (unpaired) electrons. The van der Waals surface area contributed by atoms with Crippen LogP contribution in [-0.2, 0) is 7.05 Å². The lowest BCUT2D eigenvalue weighted by atomic mass is 10.1. The first kappa shape index (κ1) is 10.4. The predicted molar refractivity (Wildman–Crippen MR) is 58.1 cm³/mol. The molecule has 2 rings (SSSR count). The van der Waals surface area contributed by atoms with E-state index in [0.717, 1.165) is 11.1 Å². The number of carboxylic acids is 1. The summed E-state index contributed by atoms with van der Waals surface area (Å²) in [5.74, 6) is -0.689. The van der Waals surface area contributed by atoms with Crippen molar-refractivity contribution in [1.82, 2.24) is 14.8 Å². The molecule has 0 aliphatic carbocycles. The molecule has 1 aromatic carbocycles. The van der Waals surface area contributed by atoms with Crippen molar-refractivity contribution in [3.8, 4) is 11.4 Å². The molecule has 0 aliphatic rings. The summed E-state index contributed by atoms with van der Waals surface area (Å²) in [4.78, 5) is 14.8. The Hall–Kier alpha value is -2.17. The fraction of sp³-hybridized carbons (Fsp3) is 0.182. The van der Waals surface area contributed by atoms with E-state index >= 15 is 0 Å². The first-order chi connectivity index (χ1) is 7.59. The zero-order valence-electron chi connectivity index (χ0n) is 9.01. The van der Waals surface area contributed by atoms with Gasteiger partial charge in [0.1, 0.15) is 0 Å². The first-order valence-corrected chi connectivity index (χ1v) is 4.80. The molecule has 5 nitrogen and oxygen atoms in total. The third-order valence-corrected chi connectivity index (χ3v) is 2.34. The van der Waals surface area contributed by atoms with E-state index < -0.39 is 5.97 Å². The lowest BCUT2D eigenvalue weighted by Gasteiger charge is -1.98. The van der Waals surface area contributed by atoms with Crippen LogP contribution in [0.4, 0.5) is 0 Å². The summed E-state index contributed by atoms with van der Waals surface area (Å²) in [7, 11) is 1.57. The molecule has 82 valence electrons. The van der Waals surface area contributed by atoms with Crippen LogP contribution in [0.3, 0.4) is 0 Å². The smallest absolute Gasteiger partial charge is 0.373 e. The summed E-state index contributed by atoms with van der Waals surface area (Å²) in [5, 5.41) is 13.0. The quantitative estimate of drug-likeness (QED) is 0.827. The molecule has 0 amide bonds. The average molecular weight is 217 g/mol. The molecule has 1 aromatic heterocycles. The lowest BCUT2D eigenvalue weighted by Crippen LogP contribution is -2.06. The molecule has 0 saturated heterocycles. The largest absolute Gasteiger partial charge is 0.475 e. The van der Waals surface area contributed by atoms with Crippen molar-refractivity contribution in [2.24, 2.45) is 7.05 Å². The number of aryl methyl sites for hydroxylation is 2. The Labute approximate surface area is 92.4 Å². The van der Waals surface area contributed by atoms with Crippen LogP contribution in [0.2, 0.25) is 0 Å². The van der Waals surface area contributed by atoms with Crippen molar-refractivity contribution in [1.29, 1.82) is 0 Å².